The first-order valence-corrected chi connectivity index (χ1v) is 18.2. The summed E-state index contributed by atoms with van der Waals surface area (Å²) in [5, 5.41) is 2.37. The third-order valence-electron chi connectivity index (χ3n) is 6.20. The Morgan fingerprint density at radius 2 is 1.42 bits per heavy atom. The Morgan fingerprint density at radius 3 is 2.19 bits per heavy atom. The first-order valence-electron chi connectivity index (χ1n) is 10.9. The van der Waals surface area contributed by atoms with Crippen molar-refractivity contribution < 1.29 is 8.98 Å². The molecule has 0 atom stereocenters. The maximum absolute atomic E-state index is 6.42. The topological polar surface area (TPSA) is 17.0 Å². The molecule has 0 aliphatic heterocycles. The quantitative estimate of drug-likeness (QED) is 0.216. The van der Waals surface area contributed by atoms with Gasteiger partial charge in [-0.2, -0.15) is 0 Å². The normalized spacial score (nSPS) is 12.0. The molecule has 2 aromatic heterocycles. The second-order valence-electron chi connectivity index (χ2n) is 9.44. The van der Waals surface area contributed by atoms with Crippen molar-refractivity contribution in [2.24, 2.45) is 7.05 Å². The van der Waals surface area contributed by atoms with Crippen LogP contribution >= 0.6 is 0 Å². The Labute approximate surface area is 186 Å². The Bertz CT molecular complexity index is 1440. The molecule has 0 spiro atoms. The molecule has 154 valence electrons. The summed E-state index contributed by atoms with van der Waals surface area (Å²) >= 11 is -2.18. The van der Waals surface area contributed by atoms with Gasteiger partial charge in [-0.15, -0.1) is 0 Å². The summed E-state index contributed by atoms with van der Waals surface area (Å²) in [6.45, 7) is 2.18. The molecule has 0 aliphatic rings. The Hall–Kier alpha value is -2.85. The predicted molar refractivity (Wildman–Crippen MR) is 133 cm³/mol. The fraction of sp³-hybridized carbons (Fsp3) is 0.179. The zero-order valence-corrected chi connectivity index (χ0v) is 21.0. The van der Waals surface area contributed by atoms with Crippen molar-refractivity contribution in [3.63, 3.8) is 0 Å². The van der Waals surface area contributed by atoms with Gasteiger partial charge in [0.05, 0.1) is 0 Å². The van der Waals surface area contributed by atoms with E-state index in [0.29, 0.717) is 0 Å². The van der Waals surface area contributed by atoms with Gasteiger partial charge in [0.2, 0.25) is 0 Å². The van der Waals surface area contributed by atoms with Crippen LogP contribution in [0.2, 0.25) is 17.3 Å². The van der Waals surface area contributed by atoms with Crippen molar-refractivity contribution in [3.8, 4) is 22.4 Å². The average Bonchev–Trinajstić information content (AvgIpc) is 3.12. The van der Waals surface area contributed by atoms with Crippen molar-refractivity contribution in [1.29, 1.82) is 0 Å². The Morgan fingerprint density at radius 1 is 0.742 bits per heavy atom. The van der Waals surface area contributed by atoms with Gasteiger partial charge in [-0.1, -0.05) is 0 Å². The molecular weight excluding hydrogens is 439 g/mol. The number of nitrogens with zero attached hydrogens (tertiary/aromatic N) is 1. The van der Waals surface area contributed by atoms with Crippen molar-refractivity contribution in [1.82, 2.24) is 0 Å². The molecule has 0 aliphatic carbocycles. The number of fused-ring (bicyclic) bond motifs is 3. The van der Waals surface area contributed by atoms with E-state index >= 15 is 0 Å². The number of pyridine rings is 1. The molecule has 0 saturated carbocycles. The molecule has 5 aromatic rings. The van der Waals surface area contributed by atoms with E-state index in [1.54, 1.807) is 0 Å². The molecule has 5 rings (SSSR count). The molecule has 3 heteroatoms. The number of benzene rings is 3. The number of aryl methyl sites for hydroxylation is 2. The van der Waals surface area contributed by atoms with Gasteiger partial charge in [0.15, 0.2) is 0 Å². The molecule has 0 amide bonds. The SMILES string of the molecule is Cc1ccccc1-c1cc(-c2cccc3c2oc2ccccc23)[c]([Ge]([CH3])([CH3])[CH3])c[n+]1C. The first kappa shape index (κ1) is 20.1. The molecule has 3 aromatic carbocycles. The number of aromatic nitrogens is 1. The third kappa shape index (κ3) is 3.39. The van der Waals surface area contributed by atoms with E-state index in [1.807, 2.05) is 6.07 Å². The number of furan rings is 1. The van der Waals surface area contributed by atoms with E-state index in [4.69, 9.17) is 4.42 Å². The monoisotopic (exact) mass is 468 g/mol. The van der Waals surface area contributed by atoms with Crippen LogP contribution in [-0.4, -0.2) is 13.3 Å². The molecule has 0 radical (unpaired) electrons. The van der Waals surface area contributed by atoms with E-state index < -0.39 is 13.3 Å². The molecule has 0 N–H and O–H groups in total. The van der Waals surface area contributed by atoms with Gasteiger partial charge in [-0.05, 0) is 0 Å². The molecule has 0 saturated heterocycles. The number of hydrogen-bond donors (Lipinski definition) is 0. The fourth-order valence-corrected chi connectivity index (χ4v) is 7.90. The van der Waals surface area contributed by atoms with Gasteiger partial charge in [0.25, 0.3) is 0 Å². The number of rotatable bonds is 3. The summed E-state index contributed by atoms with van der Waals surface area (Å²) in [7, 11) is 2.17. The van der Waals surface area contributed by atoms with Crippen LogP contribution in [0.1, 0.15) is 5.56 Å². The molecular formula is C28H28GeNO+. The summed E-state index contributed by atoms with van der Waals surface area (Å²) in [6.07, 6.45) is 2.37. The predicted octanol–water partition coefficient (Wildman–Crippen LogP) is 6.60. The van der Waals surface area contributed by atoms with Crippen LogP contribution in [0.15, 0.2) is 83.4 Å². The summed E-state index contributed by atoms with van der Waals surface area (Å²) < 4.78 is 10.2. The van der Waals surface area contributed by atoms with Crippen molar-refractivity contribution >= 4 is 39.6 Å². The third-order valence-corrected chi connectivity index (χ3v) is 10.4. The second-order valence-corrected chi connectivity index (χ2v) is 20.0. The molecule has 2 heterocycles. The number of para-hydroxylation sites is 2. The standard InChI is InChI=1S/C28H28GeNO/c1-19-11-6-7-12-20(19)26-17-24(25(18-30(26)5)29(2,3)4)23-15-10-14-22-21-13-8-9-16-27(21)31-28(22)23/h6-18H,1-5H3/q+1. The maximum atomic E-state index is 6.42. The van der Waals surface area contributed by atoms with Gasteiger partial charge in [0, 0.05) is 0 Å². The van der Waals surface area contributed by atoms with Crippen LogP contribution in [0.4, 0.5) is 0 Å². The summed E-state index contributed by atoms with van der Waals surface area (Å²) in [5.41, 5.74) is 8.24. The zero-order chi connectivity index (χ0) is 21.8. The van der Waals surface area contributed by atoms with Crippen molar-refractivity contribution in [3.05, 3.63) is 84.6 Å². The van der Waals surface area contributed by atoms with Crippen LogP contribution in [0.5, 0.6) is 0 Å². The van der Waals surface area contributed by atoms with Gasteiger partial charge in [0.1, 0.15) is 0 Å². The molecule has 0 fully saturated rings. The molecule has 2 nitrogen and oxygen atoms in total. The van der Waals surface area contributed by atoms with Gasteiger partial charge >= 0.3 is 187 Å². The van der Waals surface area contributed by atoms with E-state index in [2.05, 4.69) is 109 Å². The molecule has 0 unspecified atom stereocenters. The Balaban J connectivity index is 1.87. The van der Waals surface area contributed by atoms with E-state index in [-0.39, 0.29) is 0 Å². The fourth-order valence-electron chi connectivity index (χ4n) is 4.56. The minimum absolute atomic E-state index is 0.949. The number of hydrogen-bond acceptors (Lipinski definition) is 1. The first-order chi connectivity index (χ1) is 14.8. The minimum atomic E-state index is -2.18. The van der Waals surface area contributed by atoms with Gasteiger partial charge in [-0.25, -0.2) is 0 Å². The van der Waals surface area contributed by atoms with Gasteiger partial charge in [-0.3, -0.25) is 0 Å². The van der Waals surface area contributed by atoms with Crippen molar-refractivity contribution in [2.75, 3.05) is 0 Å². The van der Waals surface area contributed by atoms with Crippen molar-refractivity contribution in [2.45, 2.75) is 24.2 Å². The van der Waals surface area contributed by atoms with Crippen LogP contribution in [0.25, 0.3) is 44.3 Å². The summed E-state index contributed by atoms with van der Waals surface area (Å²) in [5.74, 6) is 7.39. The Kier molecular flexibility index (Phi) is 4.78. The van der Waals surface area contributed by atoms with Crippen LogP contribution < -0.4 is 8.96 Å². The average molecular weight is 467 g/mol. The molecule has 31 heavy (non-hydrogen) atoms. The van der Waals surface area contributed by atoms with E-state index in [1.165, 1.54) is 43.1 Å². The van der Waals surface area contributed by atoms with Gasteiger partial charge < -0.3 is 0 Å². The second kappa shape index (κ2) is 7.38. The summed E-state index contributed by atoms with van der Waals surface area (Å²) in [6, 6.07) is 25.9. The van der Waals surface area contributed by atoms with E-state index in [9.17, 15) is 0 Å². The van der Waals surface area contributed by atoms with E-state index in [0.717, 1.165) is 11.2 Å². The van der Waals surface area contributed by atoms with Crippen LogP contribution in [0, 0.1) is 6.92 Å². The van der Waals surface area contributed by atoms with Crippen LogP contribution in [0.3, 0.4) is 0 Å². The zero-order valence-electron chi connectivity index (χ0n) is 18.9. The molecule has 0 bridgehead atoms. The summed E-state index contributed by atoms with van der Waals surface area (Å²) in [4.78, 5) is 0. The van der Waals surface area contributed by atoms with Crippen LogP contribution in [-0.2, 0) is 7.05 Å².